The van der Waals surface area contributed by atoms with Crippen LogP contribution in [0.3, 0.4) is 0 Å². The van der Waals surface area contributed by atoms with Crippen LogP contribution in [0, 0.1) is 5.92 Å². The van der Waals surface area contributed by atoms with E-state index in [0.29, 0.717) is 12.0 Å². The molecule has 0 spiro atoms. The number of fused-ring (bicyclic) bond motifs is 1. The molecule has 1 fully saturated rings. The van der Waals surface area contributed by atoms with Gasteiger partial charge in [0, 0.05) is 23.0 Å². The summed E-state index contributed by atoms with van der Waals surface area (Å²) in [7, 11) is 2.08. The number of benzene rings is 1. The molecule has 0 aromatic heterocycles. The average Bonchev–Trinajstić information content (AvgIpc) is 2.89. The SMILES string of the molecule is CNC(c1cc(Cl)cc2c1OCC2)C1CCCCCCC1. The van der Waals surface area contributed by atoms with Crippen LogP contribution in [0.4, 0.5) is 0 Å². The van der Waals surface area contributed by atoms with Gasteiger partial charge in [-0.1, -0.05) is 43.7 Å². The maximum atomic E-state index is 6.34. The Morgan fingerprint density at radius 1 is 1.14 bits per heavy atom. The minimum Gasteiger partial charge on any atom is -0.493 e. The van der Waals surface area contributed by atoms with Crippen molar-refractivity contribution in [1.29, 1.82) is 0 Å². The Bertz CT molecular complexity index is 480. The van der Waals surface area contributed by atoms with Gasteiger partial charge in [-0.25, -0.2) is 0 Å². The summed E-state index contributed by atoms with van der Waals surface area (Å²) in [6, 6.07) is 4.55. The molecule has 21 heavy (non-hydrogen) atoms. The Kier molecular flexibility index (Phi) is 5.07. The molecule has 3 heteroatoms. The van der Waals surface area contributed by atoms with Crippen molar-refractivity contribution in [2.75, 3.05) is 13.7 Å². The van der Waals surface area contributed by atoms with Crippen LogP contribution in [-0.2, 0) is 6.42 Å². The maximum Gasteiger partial charge on any atom is 0.127 e. The van der Waals surface area contributed by atoms with E-state index >= 15 is 0 Å². The van der Waals surface area contributed by atoms with Crippen LogP contribution >= 0.6 is 11.6 Å². The van der Waals surface area contributed by atoms with E-state index < -0.39 is 0 Å². The molecule has 0 radical (unpaired) electrons. The third kappa shape index (κ3) is 3.37. The highest BCUT2D eigenvalue weighted by Gasteiger charge is 2.28. The van der Waals surface area contributed by atoms with Gasteiger partial charge in [-0.05, 0) is 43.5 Å². The predicted octanol–water partition coefficient (Wildman–Crippen LogP) is 4.90. The van der Waals surface area contributed by atoms with Crippen molar-refractivity contribution < 1.29 is 4.74 Å². The van der Waals surface area contributed by atoms with Crippen LogP contribution in [0.1, 0.15) is 62.1 Å². The van der Waals surface area contributed by atoms with Crippen LogP contribution in [0.5, 0.6) is 5.75 Å². The minimum absolute atomic E-state index is 0.369. The van der Waals surface area contributed by atoms with Crippen LogP contribution in [-0.4, -0.2) is 13.7 Å². The summed E-state index contributed by atoms with van der Waals surface area (Å²) in [5.74, 6) is 1.79. The van der Waals surface area contributed by atoms with Gasteiger partial charge in [-0.3, -0.25) is 0 Å². The normalized spacial score (nSPS) is 21.2. The fourth-order valence-corrected chi connectivity index (χ4v) is 4.24. The fourth-order valence-electron chi connectivity index (χ4n) is 4.00. The zero-order valence-corrected chi connectivity index (χ0v) is 13.7. The van der Waals surface area contributed by atoms with E-state index in [1.54, 1.807) is 0 Å². The molecule has 116 valence electrons. The second-order valence-electron chi connectivity index (χ2n) is 6.45. The first-order valence-corrected chi connectivity index (χ1v) is 8.80. The van der Waals surface area contributed by atoms with Gasteiger partial charge in [-0.15, -0.1) is 0 Å². The van der Waals surface area contributed by atoms with Crippen molar-refractivity contribution >= 4 is 11.6 Å². The quantitative estimate of drug-likeness (QED) is 0.858. The lowest BCUT2D eigenvalue weighted by Crippen LogP contribution is -2.26. The monoisotopic (exact) mass is 307 g/mol. The number of nitrogens with one attached hydrogen (secondary N) is 1. The molecule has 1 aromatic carbocycles. The summed E-state index contributed by atoms with van der Waals surface area (Å²) in [6.45, 7) is 0.795. The van der Waals surface area contributed by atoms with Crippen molar-refractivity contribution in [1.82, 2.24) is 5.32 Å². The Hall–Kier alpha value is -0.730. The van der Waals surface area contributed by atoms with E-state index in [1.807, 2.05) is 0 Å². The molecule has 1 aliphatic heterocycles. The summed E-state index contributed by atoms with van der Waals surface area (Å²) in [5.41, 5.74) is 2.56. The zero-order valence-electron chi connectivity index (χ0n) is 13.0. The van der Waals surface area contributed by atoms with E-state index in [0.717, 1.165) is 23.8 Å². The van der Waals surface area contributed by atoms with E-state index in [4.69, 9.17) is 16.3 Å². The lowest BCUT2D eigenvalue weighted by atomic mass is 9.82. The smallest absolute Gasteiger partial charge is 0.127 e. The zero-order chi connectivity index (χ0) is 14.7. The molecule has 1 N–H and O–H groups in total. The largest absolute Gasteiger partial charge is 0.493 e. The maximum absolute atomic E-state index is 6.34. The molecule has 1 unspecified atom stereocenters. The van der Waals surface area contributed by atoms with Crippen molar-refractivity contribution in [2.45, 2.75) is 57.4 Å². The molecule has 2 aliphatic rings. The van der Waals surface area contributed by atoms with Crippen molar-refractivity contribution in [3.63, 3.8) is 0 Å². The molecular weight excluding hydrogens is 282 g/mol. The molecule has 0 amide bonds. The second kappa shape index (κ2) is 7.02. The highest BCUT2D eigenvalue weighted by Crippen LogP contribution is 2.41. The first kappa shape index (κ1) is 15.2. The van der Waals surface area contributed by atoms with E-state index in [2.05, 4.69) is 24.5 Å². The van der Waals surface area contributed by atoms with Gasteiger partial charge in [-0.2, -0.15) is 0 Å². The summed E-state index contributed by atoms with van der Waals surface area (Å²) in [5, 5.41) is 4.40. The minimum atomic E-state index is 0.369. The summed E-state index contributed by atoms with van der Waals surface area (Å²) in [6.07, 6.45) is 10.5. The van der Waals surface area contributed by atoms with E-state index in [-0.39, 0.29) is 0 Å². The molecule has 1 aromatic rings. The topological polar surface area (TPSA) is 21.3 Å². The lowest BCUT2D eigenvalue weighted by Gasteiger charge is -2.30. The number of hydrogen-bond acceptors (Lipinski definition) is 2. The van der Waals surface area contributed by atoms with Gasteiger partial charge >= 0.3 is 0 Å². The molecule has 1 atom stereocenters. The summed E-state index contributed by atoms with van der Waals surface area (Å²) in [4.78, 5) is 0. The first-order valence-electron chi connectivity index (χ1n) is 8.42. The first-order chi connectivity index (χ1) is 10.3. The van der Waals surface area contributed by atoms with Gasteiger partial charge < -0.3 is 10.1 Å². The number of rotatable bonds is 3. The van der Waals surface area contributed by atoms with Crippen LogP contribution in [0.15, 0.2) is 12.1 Å². The van der Waals surface area contributed by atoms with Crippen molar-refractivity contribution in [3.8, 4) is 5.75 Å². The van der Waals surface area contributed by atoms with Gasteiger partial charge in [0.25, 0.3) is 0 Å². The van der Waals surface area contributed by atoms with E-state index in [9.17, 15) is 0 Å². The van der Waals surface area contributed by atoms with Crippen molar-refractivity contribution in [2.24, 2.45) is 5.92 Å². The van der Waals surface area contributed by atoms with Crippen LogP contribution in [0.25, 0.3) is 0 Å². The standard InChI is InChI=1S/C18H26ClNO/c1-20-17(13-7-5-3-2-4-6-8-13)16-12-15(19)11-14-9-10-21-18(14)16/h11-13,17,20H,2-10H2,1H3. The highest BCUT2D eigenvalue weighted by atomic mass is 35.5. The predicted molar refractivity (Wildman–Crippen MR) is 88.3 cm³/mol. The van der Waals surface area contributed by atoms with Crippen LogP contribution in [0.2, 0.25) is 5.02 Å². The molecule has 1 heterocycles. The van der Waals surface area contributed by atoms with Gasteiger partial charge in [0.1, 0.15) is 5.75 Å². The second-order valence-corrected chi connectivity index (χ2v) is 6.89. The highest BCUT2D eigenvalue weighted by molar-refractivity contribution is 6.30. The number of halogens is 1. The Balaban J connectivity index is 1.88. The average molecular weight is 308 g/mol. The Labute approximate surface area is 133 Å². The van der Waals surface area contributed by atoms with Gasteiger partial charge in [0.2, 0.25) is 0 Å². The van der Waals surface area contributed by atoms with Gasteiger partial charge in [0.15, 0.2) is 0 Å². The van der Waals surface area contributed by atoms with E-state index in [1.165, 1.54) is 56.1 Å². The number of hydrogen-bond donors (Lipinski definition) is 1. The van der Waals surface area contributed by atoms with Crippen LogP contribution < -0.4 is 10.1 Å². The lowest BCUT2D eigenvalue weighted by molar-refractivity contribution is 0.288. The molecule has 3 rings (SSSR count). The molecule has 0 bridgehead atoms. The summed E-state index contributed by atoms with van der Waals surface area (Å²) >= 11 is 6.34. The molecule has 1 saturated carbocycles. The third-order valence-electron chi connectivity index (χ3n) is 5.04. The molecule has 0 saturated heterocycles. The third-order valence-corrected chi connectivity index (χ3v) is 5.26. The van der Waals surface area contributed by atoms with Crippen molar-refractivity contribution in [3.05, 3.63) is 28.3 Å². The summed E-state index contributed by atoms with van der Waals surface area (Å²) < 4.78 is 5.92. The molecular formula is C18H26ClNO. The Morgan fingerprint density at radius 2 is 1.86 bits per heavy atom. The van der Waals surface area contributed by atoms with Gasteiger partial charge in [0.05, 0.1) is 6.61 Å². The molecule has 1 aliphatic carbocycles. The number of ether oxygens (including phenoxy) is 1. The molecule has 2 nitrogen and oxygen atoms in total. The Morgan fingerprint density at radius 3 is 2.57 bits per heavy atom. The fraction of sp³-hybridized carbons (Fsp3) is 0.667.